The molecule has 0 atom stereocenters. The van der Waals surface area contributed by atoms with Crippen LogP contribution in [0.1, 0.15) is 213 Å². The second kappa shape index (κ2) is 32.7. The van der Waals surface area contributed by atoms with Crippen LogP contribution in [0.4, 0.5) is 0 Å². The number of hydrogen-bond acceptors (Lipinski definition) is 1. The number of carbonyl (C=O) groups is 1. The van der Waals surface area contributed by atoms with E-state index in [1.807, 2.05) is 0 Å². The average Bonchev–Trinajstić information content (AvgIpc) is 2.92. The molecule has 0 rings (SSSR count). The zero-order valence-electron chi connectivity index (χ0n) is 27.0. The van der Waals surface area contributed by atoms with Crippen molar-refractivity contribution in [3.8, 4) is 0 Å². The Balaban J connectivity index is 3.87. The Bertz CT molecular complexity index is 431. The molecular formula is C36H73NO. The predicted molar refractivity (Wildman–Crippen MR) is 172 cm³/mol. The maximum Gasteiger partial charge on any atom is 0.222 e. The predicted octanol–water partition coefficient (Wildman–Crippen LogP) is 12.6. The molecule has 0 bridgehead atoms. The molecule has 0 spiro atoms. The molecule has 0 aromatic rings. The van der Waals surface area contributed by atoms with Gasteiger partial charge >= 0.3 is 0 Å². The highest BCUT2D eigenvalue weighted by Gasteiger charge is 2.12. The van der Waals surface area contributed by atoms with Gasteiger partial charge in [-0.05, 0) is 19.3 Å². The van der Waals surface area contributed by atoms with Crippen LogP contribution >= 0.6 is 0 Å². The highest BCUT2D eigenvalue weighted by atomic mass is 16.2. The zero-order valence-corrected chi connectivity index (χ0v) is 27.0. The minimum absolute atomic E-state index is 0.441. The summed E-state index contributed by atoms with van der Waals surface area (Å²) in [5, 5.41) is 0. The van der Waals surface area contributed by atoms with Crippen molar-refractivity contribution >= 4 is 5.91 Å². The Morgan fingerprint density at radius 2 is 0.579 bits per heavy atom. The van der Waals surface area contributed by atoms with E-state index in [4.69, 9.17) is 0 Å². The van der Waals surface area contributed by atoms with Crippen LogP contribution in [-0.2, 0) is 4.79 Å². The summed E-state index contributed by atoms with van der Waals surface area (Å²) in [6, 6.07) is 0. The number of amides is 1. The van der Waals surface area contributed by atoms with Crippen LogP contribution in [0, 0.1) is 0 Å². The number of nitrogens with zero attached hydrogens (tertiary/aromatic N) is 1. The van der Waals surface area contributed by atoms with Crippen molar-refractivity contribution in [2.45, 2.75) is 213 Å². The van der Waals surface area contributed by atoms with Crippen LogP contribution in [0.3, 0.4) is 0 Å². The average molecular weight is 536 g/mol. The molecule has 0 unspecified atom stereocenters. The maximum atomic E-state index is 13.0. The van der Waals surface area contributed by atoms with Gasteiger partial charge in [0.25, 0.3) is 0 Å². The Hall–Kier alpha value is -0.530. The maximum absolute atomic E-state index is 13.0. The lowest BCUT2D eigenvalue weighted by molar-refractivity contribution is -0.131. The van der Waals surface area contributed by atoms with Crippen LogP contribution in [0.25, 0.3) is 0 Å². The first-order chi connectivity index (χ1) is 18.8. The van der Waals surface area contributed by atoms with Crippen molar-refractivity contribution in [2.24, 2.45) is 0 Å². The van der Waals surface area contributed by atoms with Crippen LogP contribution < -0.4 is 0 Å². The van der Waals surface area contributed by atoms with E-state index in [-0.39, 0.29) is 0 Å². The fraction of sp³-hybridized carbons (Fsp3) is 0.972. The van der Waals surface area contributed by atoms with Crippen molar-refractivity contribution in [1.29, 1.82) is 0 Å². The van der Waals surface area contributed by atoms with Gasteiger partial charge in [0.2, 0.25) is 5.91 Å². The SMILES string of the molecule is CCCCCCCCCCCCCCCCCC(=O)N(CCCCCCCCC)CCCCCCCCC. The fourth-order valence-corrected chi connectivity index (χ4v) is 5.69. The molecule has 0 aromatic carbocycles. The lowest BCUT2D eigenvalue weighted by Crippen LogP contribution is -2.32. The minimum atomic E-state index is 0.441. The van der Waals surface area contributed by atoms with E-state index in [1.54, 1.807) is 0 Å². The van der Waals surface area contributed by atoms with E-state index in [0.29, 0.717) is 5.91 Å². The summed E-state index contributed by atoms with van der Waals surface area (Å²) in [5.41, 5.74) is 0. The van der Waals surface area contributed by atoms with E-state index < -0.39 is 0 Å². The summed E-state index contributed by atoms with van der Waals surface area (Å²) < 4.78 is 0. The largest absolute Gasteiger partial charge is 0.343 e. The normalized spacial score (nSPS) is 11.3. The summed E-state index contributed by atoms with van der Waals surface area (Å²) in [7, 11) is 0. The van der Waals surface area contributed by atoms with E-state index in [2.05, 4.69) is 25.7 Å². The summed E-state index contributed by atoms with van der Waals surface area (Å²) in [4.78, 5) is 15.3. The minimum Gasteiger partial charge on any atom is -0.343 e. The molecule has 1 amide bonds. The van der Waals surface area contributed by atoms with Crippen molar-refractivity contribution in [1.82, 2.24) is 4.90 Å². The van der Waals surface area contributed by atoms with Crippen LogP contribution in [-0.4, -0.2) is 23.9 Å². The Labute approximate surface area is 241 Å². The third kappa shape index (κ3) is 28.5. The quantitative estimate of drug-likeness (QED) is 0.0784. The summed E-state index contributed by atoms with van der Waals surface area (Å²) in [5.74, 6) is 0.441. The number of unbranched alkanes of at least 4 members (excludes halogenated alkanes) is 26. The molecule has 2 heteroatoms. The lowest BCUT2D eigenvalue weighted by atomic mass is 10.0. The molecule has 0 fully saturated rings. The summed E-state index contributed by atoms with van der Waals surface area (Å²) >= 11 is 0. The first-order valence-electron chi connectivity index (χ1n) is 18.0. The molecule has 0 aliphatic carbocycles. The van der Waals surface area contributed by atoms with Crippen molar-refractivity contribution in [2.75, 3.05) is 13.1 Å². The molecule has 0 aliphatic rings. The molecule has 0 saturated carbocycles. The van der Waals surface area contributed by atoms with Crippen molar-refractivity contribution < 1.29 is 4.79 Å². The molecule has 38 heavy (non-hydrogen) atoms. The highest BCUT2D eigenvalue weighted by Crippen LogP contribution is 2.15. The third-order valence-electron chi connectivity index (χ3n) is 8.41. The van der Waals surface area contributed by atoms with E-state index in [9.17, 15) is 4.79 Å². The van der Waals surface area contributed by atoms with Gasteiger partial charge in [-0.25, -0.2) is 0 Å². The Morgan fingerprint density at radius 1 is 0.342 bits per heavy atom. The summed E-state index contributed by atoms with van der Waals surface area (Å²) in [6.07, 6.45) is 40.1. The second-order valence-corrected chi connectivity index (χ2v) is 12.3. The number of rotatable bonds is 32. The van der Waals surface area contributed by atoms with Gasteiger partial charge < -0.3 is 4.90 Å². The van der Waals surface area contributed by atoms with Gasteiger partial charge in [0.05, 0.1) is 0 Å². The molecular weight excluding hydrogens is 462 g/mol. The van der Waals surface area contributed by atoms with Gasteiger partial charge in [-0.2, -0.15) is 0 Å². The first kappa shape index (κ1) is 37.5. The fourth-order valence-electron chi connectivity index (χ4n) is 5.69. The van der Waals surface area contributed by atoms with Crippen molar-refractivity contribution in [3.63, 3.8) is 0 Å². The highest BCUT2D eigenvalue weighted by molar-refractivity contribution is 5.76. The van der Waals surface area contributed by atoms with Gasteiger partial charge in [0.15, 0.2) is 0 Å². The molecule has 0 aromatic heterocycles. The van der Waals surface area contributed by atoms with Crippen LogP contribution in [0.5, 0.6) is 0 Å². The monoisotopic (exact) mass is 536 g/mol. The molecule has 0 saturated heterocycles. The number of hydrogen-bond donors (Lipinski definition) is 0. The Kier molecular flexibility index (Phi) is 32.2. The van der Waals surface area contributed by atoms with Gasteiger partial charge in [-0.3, -0.25) is 4.79 Å². The molecule has 0 aliphatic heterocycles. The lowest BCUT2D eigenvalue weighted by Gasteiger charge is -2.23. The molecule has 228 valence electrons. The van der Waals surface area contributed by atoms with E-state index >= 15 is 0 Å². The third-order valence-corrected chi connectivity index (χ3v) is 8.41. The van der Waals surface area contributed by atoms with Gasteiger partial charge in [-0.1, -0.05) is 188 Å². The first-order valence-corrected chi connectivity index (χ1v) is 18.0. The Morgan fingerprint density at radius 3 is 0.868 bits per heavy atom. The van der Waals surface area contributed by atoms with Gasteiger partial charge in [0, 0.05) is 19.5 Å². The smallest absolute Gasteiger partial charge is 0.222 e. The second-order valence-electron chi connectivity index (χ2n) is 12.3. The standard InChI is InChI=1S/C36H73NO/c1-4-7-10-13-16-17-18-19-20-21-22-23-24-27-30-33-36(38)37(34-31-28-25-14-11-8-5-2)35-32-29-26-15-12-9-6-3/h4-35H2,1-3H3. The summed E-state index contributed by atoms with van der Waals surface area (Å²) in [6.45, 7) is 8.87. The van der Waals surface area contributed by atoms with E-state index in [0.717, 1.165) is 25.9 Å². The van der Waals surface area contributed by atoms with E-state index in [1.165, 1.54) is 180 Å². The van der Waals surface area contributed by atoms with Crippen LogP contribution in [0.15, 0.2) is 0 Å². The van der Waals surface area contributed by atoms with Gasteiger partial charge in [0.1, 0.15) is 0 Å². The number of carbonyl (C=O) groups excluding carboxylic acids is 1. The molecule has 0 heterocycles. The molecule has 0 radical (unpaired) electrons. The molecule has 0 N–H and O–H groups in total. The zero-order chi connectivity index (χ0) is 27.8. The topological polar surface area (TPSA) is 20.3 Å². The van der Waals surface area contributed by atoms with Gasteiger partial charge in [-0.15, -0.1) is 0 Å². The van der Waals surface area contributed by atoms with Crippen LogP contribution in [0.2, 0.25) is 0 Å². The molecule has 2 nitrogen and oxygen atoms in total. The van der Waals surface area contributed by atoms with Crippen molar-refractivity contribution in [3.05, 3.63) is 0 Å².